The molecule has 0 radical (unpaired) electrons. The molecule has 0 saturated carbocycles. The van der Waals surface area contributed by atoms with Crippen LogP contribution in [0.2, 0.25) is 0 Å². The van der Waals surface area contributed by atoms with Gasteiger partial charge in [0, 0.05) is 47.6 Å². The molecule has 0 saturated heterocycles. The highest BCUT2D eigenvalue weighted by Gasteiger charge is 2.43. The van der Waals surface area contributed by atoms with E-state index in [0.717, 1.165) is 28.1 Å². The van der Waals surface area contributed by atoms with Crippen LogP contribution in [0.25, 0.3) is 18.2 Å². The molecule has 0 unspecified atom stereocenters. The van der Waals surface area contributed by atoms with Crippen LogP contribution in [0.3, 0.4) is 0 Å². The molecule has 37 heavy (non-hydrogen) atoms. The molecule has 0 spiro atoms. The summed E-state index contributed by atoms with van der Waals surface area (Å²) >= 11 is 0. The van der Waals surface area contributed by atoms with Crippen LogP contribution in [0, 0.1) is 0 Å². The van der Waals surface area contributed by atoms with Gasteiger partial charge in [-0.1, -0.05) is 36.4 Å². The molecule has 1 aromatic heterocycles. The zero-order valence-electron chi connectivity index (χ0n) is 21.1. The molecule has 2 heterocycles. The number of rotatable bonds is 8. The molecule has 194 valence electrons. The van der Waals surface area contributed by atoms with Crippen molar-refractivity contribution in [3.63, 3.8) is 0 Å². The number of benzene rings is 2. The van der Waals surface area contributed by atoms with Gasteiger partial charge in [0.1, 0.15) is 19.3 Å². The van der Waals surface area contributed by atoms with E-state index in [0.29, 0.717) is 12.1 Å². The minimum absolute atomic E-state index is 0. The highest BCUT2D eigenvalue weighted by Crippen LogP contribution is 2.40. The molecule has 1 aliphatic rings. The van der Waals surface area contributed by atoms with Crippen LogP contribution >= 0.6 is 0 Å². The number of nitrogens with zero attached hydrogens (tertiary/aromatic N) is 2. The molecule has 0 fully saturated rings. The molecule has 0 amide bonds. The van der Waals surface area contributed by atoms with Crippen molar-refractivity contribution >= 4 is 39.7 Å². The van der Waals surface area contributed by atoms with Crippen molar-refractivity contribution in [2.24, 2.45) is 7.05 Å². The predicted molar refractivity (Wildman–Crippen MR) is 142 cm³/mol. The summed E-state index contributed by atoms with van der Waals surface area (Å²) in [6.45, 7) is 4.71. The van der Waals surface area contributed by atoms with E-state index in [1.54, 1.807) is 6.07 Å². The van der Waals surface area contributed by atoms with Gasteiger partial charge in [-0.05, 0) is 43.2 Å². The average Bonchev–Trinajstić information content (AvgIpc) is 3.04. The SMILES string of the molecule is C[n+]1ccc(/C=C/c2cc(/C=C/C3=[N+](CCCS(=O)(=O)[O-])c4ccccc4C3(C)C)ccc2O)cc1.[I-]. The van der Waals surface area contributed by atoms with Gasteiger partial charge >= 0.3 is 0 Å². The number of aromatic nitrogens is 1. The third-order valence-electron chi connectivity index (χ3n) is 6.52. The van der Waals surface area contributed by atoms with Gasteiger partial charge in [-0.3, -0.25) is 0 Å². The van der Waals surface area contributed by atoms with E-state index in [9.17, 15) is 18.1 Å². The summed E-state index contributed by atoms with van der Waals surface area (Å²) in [4.78, 5) is 0. The molecule has 0 bridgehead atoms. The third-order valence-corrected chi connectivity index (χ3v) is 7.31. The summed E-state index contributed by atoms with van der Waals surface area (Å²) in [6.07, 6.45) is 12.1. The van der Waals surface area contributed by atoms with E-state index in [1.165, 1.54) is 0 Å². The molecule has 0 aliphatic carbocycles. The van der Waals surface area contributed by atoms with Crippen molar-refractivity contribution in [1.29, 1.82) is 0 Å². The molecule has 4 rings (SSSR count). The van der Waals surface area contributed by atoms with E-state index >= 15 is 0 Å². The molecular weight excluding hydrogens is 599 g/mol. The average molecular weight is 631 g/mol. The minimum atomic E-state index is -4.27. The van der Waals surface area contributed by atoms with Gasteiger partial charge in [0.25, 0.3) is 0 Å². The maximum atomic E-state index is 11.2. The van der Waals surface area contributed by atoms with Gasteiger partial charge in [0.05, 0.1) is 15.5 Å². The molecule has 1 aliphatic heterocycles. The van der Waals surface area contributed by atoms with E-state index in [1.807, 2.05) is 90.8 Å². The first-order valence-electron chi connectivity index (χ1n) is 11.9. The van der Waals surface area contributed by atoms with Gasteiger partial charge in [0.2, 0.25) is 5.69 Å². The standard InChI is InChI=1S/C29H30N2O4S.HI/c1-29(2)25-7-4-5-8-26(25)31(17-6-20-36(33,34)35)28(29)14-11-23-10-13-27(32)24(21-23)12-9-22-15-18-30(3)19-16-22;/h4-5,7-16,18-19,21H,6,17,20H2,1-3H3;1H. The fourth-order valence-corrected chi connectivity index (χ4v) is 5.06. The van der Waals surface area contributed by atoms with E-state index in [4.69, 9.17) is 0 Å². The lowest BCUT2D eigenvalue weighted by molar-refractivity contribution is -0.671. The van der Waals surface area contributed by atoms with Gasteiger partial charge < -0.3 is 33.6 Å². The summed E-state index contributed by atoms with van der Waals surface area (Å²) in [7, 11) is -2.30. The summed E-state index contributed by atoms with van der Waals surface area (Å²) in [5, 5.41) is 10.4. The molecular formula is C29H31IN2O4S. The summed E-state index contributed by atoms with van der Waals surface area (Å²) < 4.78 is 37.6. The largest absolute Gasteiger partial charge is 1.00 e. The van der Waals surface area contributed by atoms with E-state index < -0.39 is 15.9 Å². The Morgan fingerprint density at radius 1 is 0.946 bits per heavy atom. The van der Waals surface area contributed by atoms with Crippen LogP contribution in [0.1, 0.15) is 42.5 Å². The maximum Gasteiger partial charge on any atom is 0.209 e. The number of hydrogen-bond acceptors (Lipinski definition) is 4. The number of phenols is 1. The summed E-state index contributed by atoms with van der Waals surface area (Å²) in [5.41, 5.74) is 5.57. The molecule has 6 nitrogen and oxygen atoms in total. The Morgan fingerprint density at radius 3 is 2.32 bits per heavy atom. The Morgan fingerprint density at radius 2 is 1.62 bits per heavy atom. The highest BCUT2D eigenvalue weighted by molar-refractivity contribution is 7.85. The first-order chi connectivity index (χ1) is 17.0. The highest BCUT2D eigenvalue weighted by atomic mass is 127. The van der Waals surface area contributed by atoms with E-state index in [2.05, 4.69) is 24.5 Å². The van der Waals surface area contributed by atoms with Crippen LogP contribution in [0.15, 0.2) is 73.1 Å². The number of phenolic OH excluding ortho intramolecular Hbond substituents is 1. The van der Waals surface area contributed by atoms with Crippen LogP contribution in [0.5, 0.6) is 5.75 Å². The number of fused-ring (bicyclic) bond motifs is 1. The number of allylic oxidation sites excluding steroid dienone is 1. The Hall–Kier alpha value is -2.82. The van der Waals surface area contributed by atoms with Gasteiger partial charge in [-0.15, -0.1) is 0 Å². The lowest BCUT2D eigenvalue weighted by Crippen LogP contribution is -3.00. The Kier molecular flexibility index (Phi) is 9.09. The van der Waals surface area contributed by atoms with Crippen molar-refractivity contribution in [1.82, 2.24) is 0 Å². The first-order valence-corrected chi connectivity index (χ1v) is 13.4. The fourth-order valence-electron chi connectivity index (χ4n) is 4.58. The van der Waals surface area contributed by atoms with Crippen LogP contribution in [-0.4, -0.2) is 40.7 Å². The lowest BCUT2D eigenvalue weighted by Gasteiger charge is -2.15. The number of pyridine rings is 1. The molecule has 2 aromatic carbocycles. The number of hydrogen-bond donors (Lipinski definition) is 1. The minimum Gasteiger partial charge on any atom is -1.00 e. The van der Waals surface area contributed by atoms with Gasteiger partial charge in [-0.25, -0.2) is 13.0 Å². The molecule has 3 aromatic rings. The Balaban J connectivity index is 0.00000380. The fraction of sp³-hybridized carbons (Fsp3) is 0.241. The van der Waals surface area contributed by atoms with Crippen molar-refractivity contribution in [2.75, 3.05) is 12.3 Å². The van der Waals surface area contributed by atoms with Crippen molar-refractivity contribution < 1.29 is 51.2 Å². The third kappa shape index (κ3) is 6.94. The molecule has 8 heteroatoms. The van der Waals surface area contributed by atoms with Crippen LogP contribution in [0.4, 0.5) is 5.69 Å². The van der Waals surface area contributed by atoms with Gasteiger partial charge in [0.15, 0.2) is 18.1 Å². The first kappa shape index (κ1) is 28.7. The molecule has 0 atom stereocenters. The van der Waals surface area contributed by atoms with Crippen molar-refractivity contribution in [2.45, 2.75) is 25.7 Å². The van der Waals surface area contributed by atoms with Gasteiger partial charge in [-0.2, -0.15) is 4.58 Å². The topological polar surface area (TPSA) is 84.3 Å². The maximum absolute atomic E-state index is 11.2. The summed E-state index contributed by atoms with van der Waals surface area (Å²) in [6, 6.07) is 17.5. The zero-order chi connectivity index (χ0) is 25.9. The lowest BCUT2D eigenvalue weighted by atomic mass is 9.81. The zero-order valence-corrected chi connectivity index (χ0v) is 24.1. The smallest absolute Gasteiger partial charge is 0.209 e. The Bertz CT molecular complexity index is 1470. The summed E-state index contributed by atoms with van der Waals surface area (Å²) in [5.74, 6) is -0.192. The van der Waals surface area contributed by atoms with Crippen molar-refractivity contribution in [3.8, 4) is 5.75 Å². The Labute approximate surface area is 236 Å². The monoisotopic (exact) mass is 630 g/mol. The normalized spacial score (nSPS) is 14.8. The second-order valence-corrected chi connectivity index (χ2v) is 11.1. The predicted octanol–water partition coefficient (Wildman–Crippen LogP) is 1.42. The number of aromatic hydroxyl groups is 1. The number of aryl methyl sites for hydroxylation is 1. The quantitative estimate of drug-likeness (QED) is 0.232. The molecule has 1 N–H and O–H groups in total. The van der Waals surface area contributed by atoms with Crippen LogP contribution in [-0.2, 0) is 22.6 Å². The number of halogens is 1. The van der Waals surface area contributed by atoms with Crippen molar-refractivity contribution in [3.05, 3.63) is 95.3 Å². The number of para-hydroxylation sites is 1. The second-order valence-electron chi connectivity index (χ2n) is 9.58. The van der Waals surface area contributed by atoms with Crippen LogP contribution < -0.4 is 28.5 Å². The van der Waals surface area contributed by atoms with E-state index in [-0.39, 0.29) is 41.6 Å². The second kappa shape index (κ2) is 11.7.